The van der Waals surface area contributed by atoms with Crippen LogP contribution in [-0.4, -0.2) is 35.6 Å². The van der Waals surface area contributed by atoms with E-state index in [1.807, 2.05) is 0 Å². The van der Waals surface area contributed by atoms with Crippen molar-refractivity contribution >= 4 is 9.84 Å². The van der Waals surface area contributed by atoms with Gasteiger partial charge in [-0.2, -0.15) is 13.9 Å². The molecule has 11 heteroatoms. The van der Waals surface area contributed by atoms with Crippen molar-refractivity contribution < 1.29 is 21.6 Å². The second kappa shape index (κ2) is 8.28. The molecule has 0 aliphatic heterocycles. The second-order valence-electron chi connectivity index (χ2n) is 6.47. The van der Waals surface area contributed by atoms with E-state index in [1.165, 1.54) is 36.4 Å². The van der Waals surface area contributed by atoms with Gasteiger partial charge in [0.2, 0.25) is 0 Å². The van der Waals surface area contributed by atoms with Crippen molar-refractivity contribution in [3.05, 3.63) is 76.7 Å². The third-order valence-corrected chi connectivity index (χ3v) is 5.54. The summed E-state index contributed by atoms with van der Waals surface area (Å²) in [6.45, 7) is -0.902. The average Bonchev–Trinajstić information content (AvgIpc) is 3.05. The molecule has 0 saturated carbocycles. The minimum absolute atomic E-state index is 0.109. The monoisotopic (exact) mass is 438 g/mol. The molecule has 2 N–H and O–H groups in total. The predicted octanol–water partition coefficient (Wildman–Crippen LogP) is 2.35. The van der Waals surface area contributed by atoms with E-state index in [0.29, 0.717) is 5.56 Å². The van der Waals surface area contributed by atoms with Gasteiger partial charge in [-0.05, 0) is 35.9 Å². The molecule has 0 aliphatic carbocycles. The Kier molecular flexibility index (Phi) is 5.94. The molecule has 0 atom stereocenters. The summed E-state index contributed by atoms with van der Waals surface area (Å²) < 4.78 is 65.1. The van der Waals surface area contributed by atoms with Crippen molar-refractivity contribution in [1.29, 1.82) is 0 Å². The highest BCUT2D eigenvalue weighted by molar-refractivity contribution is 7.90. The Balaban J connectivity index is 1.93. The molecule has 3 rings (SSSR count). The Bertz CT molecular complexity index is 1280. The molecule has 30 heavy (non-hydrogen) atoms. The Labute approximate surface area is 169 Å². The summed E-state index contributed by atoms with van der Waals surface area (Å²) in [5.74, 6) is -0.656. The van der Waals surface area contributed by atoms with Gasteiger partial charge in [0.25, 0.3) is 6.08 Å². The SMILES string of the molecule is CS(=O)(=O)c1ccc(-c2ccc(-n3cnn(CC(CN)=C(F)F)c3=O)cc2F)cc1. The summed E-state index contributed by atoms with van der Waals surface area (Å²) in [6, 6.07) is 9.69. The topological polar surface area (TPSA) is 100.0 Å². The van der Waals surface area contributed by atoms with Crippen molar-refractivity contribution in [2.45, 2.75) is 11.4 Å². The van der Waals surface area contributed by atoms with Crippen molar-refractivity contribution in [1.82, 2.24) is 14.3 Å². The summed E-state index contributed by atoms with van der Waals surface area (Å²) >= 11 is 0. The Morgan fingerprint density at radius 2 is 1.80 bits per heavy atom. The molecule has 0 saturated heterocycles. The quantitative estimate of drug-likeness (QED) is 0.637. The lowest BCUT2D eigenvalue weighted by Gasteiger charge is -2.07. The average molecular weight is 438 g/mol. The predicted molar refractivity (Wildman–Crippen MR) is 105 cm³/mol. The van der Waals surface area contributed by atoms with Gasteiger partial charge in [-0.3, -0.25) is 0 Å². The molecule has 1 heterocycles. The van der Waals surface area contributed by atoms with E-state index in [1.54, 1.807) is 0 Å². The normalized spacial score (nSPS) is 11.5. The molecule has 158 valence electrons. The van der Waals surface area contributed by atoms with Crippen LogP contribution in [0.1, 0.15) is 0 Å². The minimum atomic E-state index is -3.37. The molecule has 0 radical (unpaired) electrons. The van der Waals surface area contributed by atoms with Gasteiger partial charge in [0, 0.05) is 23.9 Å². The fourth-order valence-electron chi connectivity index (χ4n) is 2.77. The number of hydrogen-bond acceptors (Lipinski definition) is 5. The summed E-state index contributed by atoms with van der Waals surface area (Å²) in [7, 11) is -3.37. The number of halogens is 3. The fraction of sp³-hybridized carbons (Fsp3) is 0.158. The first-order valence-corrected chi connectivity index (χ1v) is 10.5. The molecule has 0 spiro atoms. The number of hydrogen-bond donors (Lipinski definition) is 1. The van der Waals surface area contributed by atoms with Crippen LogP contribution in [0, 0.1) is 5.82 Å². The lowest BCUT2D eigenvalue weighted by atomic mass is 10.0. The third kappa shape index (κ3) is 4.36. The van der Waals surface area contributed by atoms with Gasteiger partial charge in [-0.25, -0.2) is 26.9 Å². The molecule has 1 aromatic heterocycles. The van der Waals surface area contributed by atoms with Gasteiger partial charge in [0.1, 0.15) is 12.1 Å². The van der Waals surface area contributed by atoms with E-state index in [0.717, 1.165) is 27.9 Å². The maximum atomic E-state index is 14.7. The summed E-state index contributed by atoms with van der Waals surface area (Å²) in [5, 5.41) is 3.77. The molecule has 2 aromatic carbocycles. The first kappa shape index (κ1) is 21.5. The first-order valence-electron chi connectivity index (χ1n) is 8.59. The first-order chi connectivity index (χ1) is 14.1. The largest absolute Gasteiger partial charge is 0.350 e. The van der Waals surface area contributed by atoms with Crippen LogP contribution in [-0.2, 0) is 16.4 Å². The number of aromatic nitrogens is 3. The number of rotatable bonds is 6. The van der Waals surface area contributed by atoms with E-state index < -0.39 is 46.1 Å². The van der Waals surface area contributed by atoms with Gasteiger partial charge in [0.15, 0.2) is 9.84 Å². The molecule has 0 fully saturated rings. The van der Waals surface area contributed by atoms with Crippen LogP contribution < -0.4 is 11.4 Å². The van der Waals surface area contributed by atoms with Crippen LogP contribution in [0.5, 0.6) is 0 Å². The Morgan fingerprint density at radius 1 is 1.13 bits per heavy atom. The maximum absolute atomic E-state index is 14.7. The zero-order valence-corrected chi connectivity index (χ0v) is 16.5. The molecular formula is C19H17F3N4O3S. The summed E-state index contributed by atoms with van der Waals surface area (Å²) in [5.41, 5.74) is 4.89. The minimum Gasteiger partial charge on any atom is -0.327 e. The van der Waals surface area contributed by atoms with Crippen molar-refractivity contribution in [3.8, 4) is 16.8 Å². The third-order valence-electron chi connectivity index (χ3n) is 4.41. The highest BCUT2D eigenvalue weighted by Crippen LogP contribution is 2.26. The van der Waals surface area contributed by atoms with Crippen molar-refractivity contribution in [2.75, 3.05) is 12.8 Å². The number of benzene rings is 2. The van der Waals surface area contributed by atoms with E-state index in [4.69, 9.17) is 5.73 Å². The van der Waals surface area contributed by atoms with E-state index in [9.17, 15) is 26.4 Å². The number of nitrogens with zero attached hydrogens (tertiary/aromatic N) is 3. The van der Waals surface area contributed by atoms with Crippen molar-refractivity contribution in [3.63, 3.8) is 0 Å². The van der Waals surface area contributed by atoms with E-state index in [-0.39, 0.29) is 16.1 Å². The summed E-state index contributed by atoms with van der Waals surface area (Å²) in [6.07, 6.45) is 0.196. The zero-order valence-electron chi connectivity index (χ0n) is 15.7. The molecule has 7 nitrogen and oxygen atoms in total. The van der Waals surface area contributed by atoms with Gasteiger partial charge >= 0.3 is 5.69 Å². The van der Waals surface area contributed by atoms with E-state index >= 15 is 0 Å². The van der Waals surface area contributed by atoms with Crippen molar-refractivity contribution in [2.24, 2.45) is 5.73 Å². The molecule has 0 amide bonds. The maximum Gasteiger partial charge on any atom is 0.350 e. The van der Waals surface area contributed by atoms with Gasteiger partial charge < -0.3 is 5.73 Å². The molecule has 3 aromatic rings. The lowest BCUT2D eigenvalue weighted by Crippen LogP contribution is -2.26. The van der Waals surface area contributed by atoms with Crippen LogP contribution in [0.3, 0.4) is 0 Å². The molecule has 0 bridgehead atoms. The molecular weight excluding hydrogens is 421 g/mol. The van der Waals surface area contributed by atoms with Gasteiger partial charge in [0.05, 0.1) is 17.1 Å². The van der Waals surface area contributed by atoms with Crippen LogP contribution in [0.4, 0.5) is 13.2 Å². The van der Waals surface area contributed by atoms with E-state index in [2.05, 4.69) is 5.10 Å². The number of nitrogens with two attached hydrogens (primary N) is 1. The number of sulfone groups is 1. The molecule has 0 unspecified atom stereocenters. The zero-order chi connectivity index (χ0) is 22.1. The highest BCUT2D eigenvalue weighted by atomic mass is 32.2. The van der Waals surface area contributed by atoms with Crippen LogP contribution in [0.2, 0.25) is 0 Å². The smallest absolute Gasteiger partial charge is 0.327 e. The van der Waals surface area contributed by atoms with Crippen LogP contribution in [0.25, 0.3) is 16.8 Å². The second-order valence-corrected chi connectivity index (χ2v) is 8.49. The fourth-order valence-corrected chi connectivity index (χ4v) is 3.41. The lowest BCUT2D eigenvalue weighted by molar-refractivity contribution is 0.400. The summed E-state index contributed by atoms with van der Waals surface area (Å²) in [4.78, 5) is 12.5. The van der Waals surface area contributed by atoms with Crippen LogP contribution >= 0.6 is 0 Å². The Hall–Kier alpha value is -3.18. The van der Waals surface area contributed by atoms with Crippen LogP contribution in [0.15, 0.2) is 70.1 Å². The Morgan fingerprint density at radius 3 is 2.33 bits per heavy atom. The van der Waals surface area contributed by atoms with Gasteiger partial charge in [-0.1, -0.05) is 12.1 Å². The standard InChI is InChI=1S/C19H17F3N4O3S/c1-30(28,29)15-5-2-12(3-6-15)16-7-4-14(8-17(16)20)25-11-24-26(19(25)27)10-13(9-23)18(21)22/h2-8,11H,9-10,23H2,1H3. The molecule has 0 aliphatic rings. The van der Waals surface area contributed by atoms with Gasteiger partial charge in [-0.15, -0.1) is 0 Å². The highest BCUT2D eigenvalue weighted by Gasteiger charge is 2.14.